The van der Waals surface area contributed by atoms with Crippen molar-refractivity contribution in [2.24, 2.45) is 5.41 Å². The molecule has 0 aliphatic rings. The van der Waals surface area contributed by atoms with Crippen molar-refractivity contribution in [2.45, 2.75) is 259 Å². The third-order valence-corrected chi connectivity index (χ3v) is 11.4. The van der Waals surface area contributed by atoms with Crippen molar-refractivity contribution in [3.8, 4) is 0 Å². The molecule has 0 saturated carbocycles. The minimum absolute atomic E-state index is 0.0225. The zero-order valence-electron chi connectivity index (χ0n) is 37.2. The van der Waals surface area contributed by atoms with Crippen molar-refractivity contribution in [3.05, 3.63) is 0 Å². The Morgan fingerprint density at radius 3 is 1.43 bits per heavy atom. The average Bonchev–Trinajstić information content (AvgIpc) is 3.15. The van der Waals surface area contributed by atoms with Crippen LogP contribution in [0, 0.1) is 5.41 Å². The maximum atomic E-state index is 12.8. The first-order valence-electron chi connectivity index (χ1n) is 24.0. The number of aliphatic hydroxyl groups is 1. The first kappa shape index (κ1) is 52.9. The summed E-state index contributed by atoms with van der Waals surface area (Å²) in [6.45, 7) is 15.0. The van der Waals surface area contributed by atoms with Gasteiger partial charge in [0.1, 0.15) is 6.10 Å². The fraction of sp³-hybridized carbons (Fsp3) is 0.958. The standard InChI is InChI=1S/C48H95NO5/c1-6-9-12-15-18-26-35-44-53-47(52)48(4,5)39-30-23-25-32-41-49(42-33-34-43-50)40-31-24-19-22-29-38-46(51)54-45(36-27-20-16-13-10-7-2)37-28-21-17-14-11-8-3/h45,50H,6-44H2,1-5H3. The smallest absolute Gasteiger partial charge is 0.311 e. The molecular weight excluding hydrogens is 671 g/mol. The van der Waals surface area contributed by atoms with Crippen molar-refractivity contribution >= 4 is 11.9 Å². The highest BCUT2D eigenvalue weighted by atomic mass is 16.5. The van der Waals surface area contributed by atoms with Gasteiger partial charge in [-0.25, -0.2) is 0 Å². The van der Waals surface area contributed by atoms with Gasteiger partial charge in [0.05, 0.1) is 12.0 Å². The van der Waals surface area contributed by atoms with Crippen LogP contribution in [0.15, 0.2) is 0 Å². The zero-order chi connectivity index (χ0) is 39.8. The Balaban J connectivity index is 4.25. The fourth-order valence-electron chi connectivity index (χ4n) is 7.51. The van der Waals surface area contributed by atoms with Crippen LogP contribution in [0.4, 0.5) is 0 Å². The van der Waals surface area contributed by atoms with E-state index in [4.69, 9.17) is 9.47 Å². The molecule has 0 aromatic rings. The van der Waals surface area contributed by atoms with Crippen LogP contribution in [0.2, 0.25) is 0 Å². The SMILES string of the molecule is CCCCCCCCCOC(=O)C(C)(C)CCCCCCN(CCCCO)CCCCCCCC(=O)OC(CCCCCCCC)CCCCCCCC. The Kier molecular flexibility index (Phi) is 39.2. The number of hydrogen-bond donors (Lipinski definition) is 1. The molecule has 0 heterocycles. The molecule has 0 amide bonds. The molecule has 1 N–H and O–H groups in total. The van der Waals surface area contributed by atoms with Crippen molar-refractivity contribution in [3.63, 3.8) is 0 Å². The van der Waals surface area contributed by atoms with Crippen molar-refractivity contribution < 1.29 is 24.2 Å². The van der Waals surface area contributed by atoms with Crippen LogP contribution in [-0.2, 0) is 19.1 Å². The van der Waals surface area contributed by atoms with Crippen LogP contribution in [0.25, 0.3) is 0 Å². The molecule has 0 atom stereocenters. The highest BCUT2D eigenvalue weighted by Crippen LogP contribution is 2.26. The van der Waals surface area contributed by atoms with E-state index in [9.17, 15) is 14.7 Å². The Bertz CT molecular complexity index is 786. The number of esters is 2. The number of carbonyl (C=O) groups is 2. The topological polar surface area (TPSA) is 76.1 Å². The molecule has 0 aromatic heterocycles. The first-order valence-corrected chi connectivity index (χ1v) is 24.0. The number of hydrogen-bond acceptors (Lipinski definition) is 6. The number of rotatable bonds is 43. The highest BCUT2D eigenvalue weighted by molar-refractivity contribution is 5.75. The molecule has 0 saturated heterocycles. The summed E-state index contributed by atoms with van der Waals surface area (Å²) in [5.74, 6) is -0.0101. The van der Waals surface area contributed by atoms with Gasteiger partial charge in [-0.05, 0) is 104 Å². The summed E-state index contributed by atoms with van der Waals surface area (Å²) in [7, 11) is 0. The molecule has 6 nitrogen and oxygen atoms in total. The van der Waals surface area contributed by atoms with E-state index in [0.29, 0.717) is 13.0 Å². The summed E-state index contributed by atoms with van der Waals surface area (Å²) in [6, 6.07) is 0. The van der Waals surface area contributed by atoms with Gasteiger partial charge >= 0.3 is 11.9 Å². The van der Waals surface area contributed by atoms with Gasteiger partial charge in [0.25, 0.3) is 0 Å². The second-order valence-electron chi connectivity index (χ2n) is 17.3. The van der Waals surface area contributed by atoms with Gasteiger partial charge < -0.3 is 19.5 Å². The summed E-state index contributed by atoms with van der Waals surface area (Å²) in [5, 5.41) is 9.31. The molecule has 6 heteroatoms. The van der Waals surface area contributed by atoms with Gasteiger partial charge in [-0.3, -0.25) is 9.59 Å². The van der Waals surface area contributed by atoms with Gasteiger partial charge in [0.2, 0.25) is 0 Å². The lowest BCUT2D eigenvalue weighted by molar-refractivity contribution is -0.154. The van der Waals surface area contributed by atoms with E-state index in [1.807, 2.05) is 13.8 Å². The third-order valence-electron chi connectivity index (χ3n) is 11.4. The molecule has 0 spiro atoms. The molecule has 0 rings (SSSR count). The number of aliphatic hydroxyl groups excluding tert-OH is 1. The summed E-state index contributed by atoms with van der Waals surface area (Å²) in [6.07, 6.45) is 39.8. The van der Waals surface area contributed by atoms with E-state index in [2.05, 4.69) is 25.7 Å². The predicted octanol–water partition coefficient (Wildman–Crippen LogP) is 14.1. The summed E-state index contributed by atoms with van der Waals surface area (Å²) < 4.78 is 11.7. The highest BCUT2D eigenvalue weighted by Gasteiger charge is 2.28. The normalized spacial score (nSPS) is 11.9. The largest absolute Gasteiger partial charge is 0.465 e. The van der Waals surface area contributed by atoms with Gasteiger partial charge in [0.15, 0.2) is 0 Å². The minimum Gasteiger partial charge on any atom is -0.465 e. The Hall–Kier alpha value is -1.14. The van der Waals surface area contributed by atoms with Crippen LogP contribution in [0.1, 0.15) is 253 Å². The third kappa shape index (κ3) is 35.3. The predicted molar refractivity (Wildman–Crippen MR) is 232 cm³/mol. The molecule has 0 fully saturated rings. The number of ether oxygens (including phenoxy) is 2. The molecule has 0 bridgehead atoms. The maximum absolute atomic E-state index is 12.8. The second kappa shape index (κ2) is 40.1. The van der Waals surface area contributed by atoms with E-state index in [1.54, 1.807) is 0 Å². The van der Waals surface area contributed by atoms with Gasteiger partial charge in [0, 0.05) is 13.0 Å². The maximum Gasteiger partial charge on any atom is 0.311 e. The molecular formula is C48H95NO5. The van der Waals surface area contributed by atoms with Crippen molar-refractivity contribution in [1.29, 1.82) is 0 Å². The number of unbranched alkanes of at least 4 members (excludes halogenated alkanes) is 24. The minimum atomic E-state index is -0.402. The van der Waals surface area contributed by atoms with Crippen LogP contribution < -0.4 is 0 Å². The molecule has 0 unspecified atom stereocenters. The van der Waals surface area contributed by atoms with Crippen LogP contribution in [0.3, 0.4) is 0 Å². The van der Waals surface area contributed by atoms with Crippen molar-refractivity contribution in [1.82, 2.24) is 4.90 Å². The number of carbonyl (C=O) groups excluding carboxylic acids is 2. The Labute approximate surface area is 337 Å². The van der Waals surface area contributed by atoms with E-state index in [-0.39, 0.29) is 24.6 Å². The van der Waals surface area contributed by atoms with Crippen LogP contribution >= 0.6 is 0 Å². The van der Waals surface area contributed by atoms with Crippen molar-refractivity contribution in [2.75, 3.05) is 32.8 Å². The van der Waals surface area contributed by atoms with E-state index < -0.39 is 5.41 Å². The lowest BCUT2D eigenvalue weighted by Crippen LogP contribution is -2.28. The van der Waals surface area contributed by atoms with Crippen LogP contribution in [-0.4, -0.2) is 60.9 Å². The van der Waals surface area contributed by atoms with E-state index in [0.717, 1.165) is 90.3 Å². The van der Waals surface area contributed by atoms with Crippen LogP contribution in [0.5, 0.6) is 0 Å². The summed E-state index contributed by atoms with van der Waals surface area (Å²) >= 11 is 0. The zero-order valence-corrected chi connectivity index (χ0v) is 37.2. The lowest BCUT2D eigenvalue weighted by atomic mass is 9.87. The Morgan fingerprint density at radius 2 is 0.926 bits per heavy atom. The summed E-state index contributed by atoms with van der Waals surface area (Å²) in [5.41, 5.74) is -0.402. The second-order valence-corrected chi connectivity index (χ2v) is 17.3. The number of nitrogens with zero attached hydrogens (tertiary/aromatic N) is 1. The lowest BCUT2D eigenvalue weighted by Gasteiger charge is -2.23. The average molecular weight is 766 g/mol. The van der Waals surface area contributed by atoms with Gasteiger partial charge in [-0.2, -0.15) is 0 Å². The van der Waals surface area contributed by atoms with E-state index in [1.165, 1.54) is 141 Å². The summed E-state index contributed by atoms with van der Waals surface area (Å²) in [4.78, 5) is 28.0. The molecule has 322 valence electrons. The quantitative estimate of drug-likeness (QED) is 0.0492. The molecule has 0 aliphatic carbocycles. The van der Waals surface area contributed by atoms with Gasteiger partial charge in [-0.1, -0.05) is 162 Å². The monoisotopic (exact) mass is 766 g/mol. The Morgan fingerprint density at radius 1 is 0.519 bits per heavy atom. The molecule has 0 aromatic carbocycles. The molecule has 0 radical (unpaired) electrons. The van der Waals surface area contributed by atoms with Gasteiger partial charge in [-0.15, -0.1) is 0 Å². The first-order chi connectivity index (χ1) is 26.3. The van der Waals surface area contributed by atoms with E-state index >= 15 is 0 Å². The fourth-order valence-corrected chi connectivity index (χ4v) is 7.51. The molecule has 54 heavy (non-hydrogen) atoms. The molecule has 0 aliphatic heterocycles.